The lowest BCUT2D eigenvalue weighted by atomic mass is 9.97. The first-order valence-corrected chi connectivity index (χ1v) is 12.4. The van der Waals surface area contributed by atoms with Crippen LogP contribution in [-0.4, -0.2) is 31.2 Å². The standard InChI is InChI=1S/C29H40N2O3/c1-5-6-7-8-16-25(29-26(33-3)18-11-19-27(29)34-4)17-10-20-28(32)31-23(2)13-9-14-24-15-12-21-30-22-24/h10-12,15,17-23H,5-9,13-14,16H2,1-4H3,(H,31,32)/t23-/m1/s1. The van der Waals surface area contributed by atoms with Crippen molar-refractivity contribution < 1.29 is 14.3 Å². The number of ether oxygens (including phenoxy) is 2. The van der Waals surface area contributed by atoms with E-state index in [4.69, 9.17) is 9.47 Å². The summed E-state index contributed by atoms with van der Waals surface area (Å²) < 4.78 is 11.2. The third kappa shape index (κ3) is 9.42. The van der Waals surface area contributed by atoms with Gasteiger partial charge in [0.25, 0.3) is 0 Å². The van der Waals surface area contributed by atoms with Crippen LogP contribution in [0.25, 0.3) is 5.57 Å². The molecule has 0 aliphatic carbocycles. The molecule has 2 aromatic rings. The summed E-state index contributed by atoms with van der Waals surface area (Å²) in [6.45, 7) is 4.25. The predicted octanol–water partition coefficient (Wildman–Crippen LogP) is 6.54. The first-order valence-electron chi connectivity index (χ1n) is 12.4. The Labute approximate surface area is 205 Å². The Morgan fingerprint density at radius 2 is 1.82 bits per heavy atom. The zero-order valence-electron chi connectivity index (χ0n) is 21.2. The van der Waals surface area contributed by atoms with Gasteiger partial charge in [-0.3, -0.25) is 9.78 Å². The quantitative estimate of drug-likeness (QED) is 0.185. The fourth-order valence-corrected chi connectivity index (χ4v) is 3.97. The molecule has 1 atom stereocenters. The lowest BCUT2D eigenvalue weighted by Crippen LogP contribution is -2.31. The van der Waals surface area contributed by atoms with Crippen molar-refractivity contribution in [3.8, 4) is 11.5 Å². The molecular weight excluding hydrogens is 424 g/mol. The predicted molar refractivity (Wildman–Crippen MR) is 140 cm³/mol. The van der Waals surface area contributed by atoms with Gasteiger partial charge in [0.15, 0.2) is 0 Å². The Balaban J connectivity index is 2.01. The van der Waals surface area contributed by atoms with Crippen LogP contribution in [-0.2, 0) is 11.2 Å². The summed E-state index contributed by atoms with van der Waals surface area (Å²) in [6.07, 6.45) is 17.6. The molecule has 1 amide bonds. The minimum Gasteiger partial charge on any atom is -0.496 e. The van der Waals surface area contributed by atoms with Crippen molar-refractivity contribution in [2.75, 3.05) is 14.2 Å². The number of pyridine rings is 1. The molecule has 0 fully saturated rings. The summed E-state index contributed by atoms with van der Waals surface area (Å²) in [4.78, 5) is 16.6. The molecule has 0 aliphatic rings. The fourth-order valence-electron chi connectivity index (χ4n) is 3.97. The van der Waals surface area contributed by atoms with Crippen LogP contribution >= 0.6 is 0 Å². The maximum Gasteiger partial charge on any atom is 0.244 e. The maximum atomic E-state index is 12.5. The van der Waals surface area contributed by atoms with E-state index >= 15 is 0 Å². The molecule has 0 unspecified atom stereocenters. The van der Waals surface area contributed by atoms with Crippen molar-refractivity contribution in [1.29, 1.82) is 0 Å². The molecule has 0 aliphatic heterocycles. The number of nitrogens with zero attached hydrogens (tertiary/aromatic N) is 1. The Kier molecular flexibility index (Phi) is 12.5. The molecule has 0 bridgehead atoms. The highest BCUT2D eigenvalue weighted by Crippen LogP contribution is 2.37. The van der Waals surface area contributed by atoms with E-state index in [1.165, 1.54) is 24.8 Å². The average Bonchev–Trinajstić information content (AvgIpc) is 2.85. The van der Waals surface area contributed by atoms with Crippen molar-refractivity contribution in [3.05, 3.63) is 72.1 Å². The molecule has 184 valence electrons. The number of allylic oxidation sites excluding steroid dienone is 3. The molecule has 1 N–H and O–H groups in total. The Morgan fingerprint density at radius 1 is 1.06 bits per heavy atom. The highest BCUT2D eigenvalue weighted by Gasteiger charge is 2.14. The van der Waals surface area contributed by atoms with Crippen LogP contribution in [0.1, 0.15) is 69.9 Å². The number of carbonyl (C=O) groups is 1. The molecule has 1 aromatic carbocycles. The van der Waals surface area contributed by atoms with Crippen LogP contribution in [0.4, 0.5) is 0 Å². The second-order valence-corrected chi connectivity index (χ2v) is 8.56. The van der Waals surface area contributed by atoms with Crippen molar-refractivity contribution in [2.45, 2.75) is 71.3 Å². The third-order valence-corrected chi connectivity index (χ3v) is 5.81. The first kappa shape index (κ1) is 27.2. The van der Waals surface area contributed by atoms with Crippen LogP contribution in [0.5, 0.6) is 11.5 Å². The number of hydrogen-bond donors (Lipinski definition) is 1. The number of rotatable bonds is 15. The van der Waals surface area contributed by atoms with Gasteiger partial charge in [-0.05, 0) is 68.4 Å². The monoisotopic (exact) mass is 464 g/mol. The topological polar surface area (TPSA) is 60.5 Å². The van der Waals surface area contributed by atoms with Crippen LogP contribution in [0.15, 0.2) is 61.0 Å². The molecule has 0 spiro atoms. The Hall–Kier alpha value is -3.08. The zero-order valence-corrected chi connectivity index (χ0v) is 21.2. The van der Waals surface area contributed by atoms with Gasteiger partial charge in [0.2, 0.25) is 5.91 Å². The number of amides is 1. The number of hydrogen-bond acceptors (Lipinski definition) is 4. The molecule has 1 aromatic heterocycles. The lowest BCUT2D eigenvalue weighted by Gasteiger charge is -2.16. The van der Waals surface area contributed by atoms with Gasteiger partial charge in [0, 0.05) is 24.5 Å². The molecule has 0 radical (unpaired) electrons. The lowest BCUT2D eigenvalue weighted by molar-refractivity contribution is -0.117. The van der Waals surface area contributed by atoms with E-state index in [1.54, 1.807) is 26.5 Å². The summed E-state index contributed by atoms with van der Waals surface area (Å²) in [6, 6.07) is 9.97. The number of aromatic nitrogens is 1. The van der Waals surface area contributed by atoms with E-state index < -0.39 is 0 Å². The molecule has 2 rings (SSSR count). The normalized spacial score (nSPS) is 12.5. The molecule has 1 heterocycles. The third-order valence-electron chi connectivity index (χ3n) is 5.81. The van der Waals surface area contributed by atoms with Gasteiger partial charge in [-0.2, -0.15) is 0 Å². The largest absolute Gasteiger partial charge is 0.496 e. The highest BCUT2D eigenvalue weighted by molar-refractivity contribution is 5.88. The number of benzene rings is 1. The van der Waals surface area contributed by atoms with Crippen molar-refractivity contribution in [2.24, 2.45) is 0 Å². The first-order chi connectivity index (χ1) is 16.6. The molecular formula is C29H40N2O3. The fraction of sp³-hybridized carbons (Fsp3) is 0.448. The van der Waals surface area contributed by atoms with E-state index in [0.29, 0.717) is 0 Å². The van der Waals surface area contributed by atoms with Gasteiger partial charge >= 0.3 is 0 Å². The van der Waals surface area contributed by atoms with Crippen LogP contribution in [0, 0.1) is 0 Å². The van der Waals surface area contributed by atoms with E-state index in [1.807, 2.05) is 49.5 Å². The Bertz CT molecular complexity index is 900. The molecule has 34 heavy (non-hydrogen) atoms. The van der Waals surface area contributed by atoms with Gasteiger partial charge in [-0.15, -0.1) is 0 Å². The van der Waals surface area contributed by atoms with Crippen LogP contribution in [0.2, 0.25) is 0 Å². The molecule has 0 saturated heterocycles. The van der Waals surface area contributed by atoms with Crippen LogP contribution < -0.4 is 14.8 Å². The minimum atomic E-state index is -0.0811. The maximum absolute atomic E-state index is 12.5. The van der Waals surface area contributed by atoms with Gasteiger partial charge in [-0.1, -0.05) is 50.5 Å². The number of nitrogens with one attached hydrogen (secondary N) is 1. The SMILES string of the molecule is CCCCCCC(=CC=CC(=O)N[C@H](C)CCCc1cccnc1)c1c(OC)cccc1OC. The zero-order chi connectivity index (χ0) is 24.6. The van der Waals surface area contributed by atoms with Gasteiger partial charge in [0.1, 0.15) is 11.5 Å². The number of methoxy groups -OCH3 is 2. The number of aryl methyl sites for hydroxylation is 1. The highest BCUT2D eigenvalue weighted by atomic mass is 16.5. The average molecular weight is 465 g/mol. The van der Waals surface area contributed by atoms with E-state index in [2.05, 4.69) is 23.3 Å². The van der Waals surface area contributed by atoms with Gasteiger partial charge < -0.3 is 14.8 Å². The summed E-state index contributed by atoms with van der Waals surface area (Å²) >= 11 is 0. The summed E-state index contributed by atoms with van der Waals surface area (Å²) in [5.74, 6) is 1.48. The Morgan fingerprint density at radius 3 is 2.47 bits per heavy atom. The summed E-state index contributed by atoms with van der Waals surface area (Å²) in [5, 5.41) is 3.06. The van der Waals surface area contributed by atoms with E-state index in [-0.39, 0.29) is 11.9 Å². The second-order valence-electron chi connectivity index (χ2n) is 8.56. The summed E-state index contributed by atoms with van der Waals surface area (Å²) in [5.41, 5.74) is 3.29. The molecule has 0 saturated carbocycles. The molecule has 5 heteroatoms. The smallest absolute Gasteiger partial charge is 0.244 e. The van der Waals surface area contributed by atoms with E-state index in [0.717, 1.165) is 54.7 Å². The van der Waals surface area contributed by atoms with Crippen molar-refractivity contribution in [3.63, 3.8) is 0 Å². The number of unbranched alkanes of at least 4 members (excludes halogenated alkanes) is 3. The van der Waals surface area contributed by atoms with Gasteiger partial charge in [0.05, 0.1) is 19.8 Å². The number of carbonyl (C=O) groups excluding carboxylic acids is 1. The van der Waals surface area contributed by atoms with Crippen molar-refractivity contribution >= 4 is 11.5 Å². The van der Waals surface area contributed by atoms with Crippen molar-refractivity contribution in [1.82, 2.24) is 10.3 Å². The molecule has 5 nitrogen and oxygen atoms in total. The van der Waals surface area contributed by atoms with Crippen LogP contribution in [0.3, 0.4) is 0 Å². The van der Waals surface area contributed by atoms with Gasteiger partial charge in [-0.25, -0.2) is 0 Å². The minimum absolute atomic E-state index is 0.0811. The summed E-state index contributed by atoms with van der Waals surface area (Å²) in [7, 11) is 3.35. The van der Waals surface area contributed by atoms with E-state index in [9.17, 15) is 4.79 Å². The second kappa shape index (κ2) is 15.7.